The molecule has 12 heteroatoms. The van der Waals surface area contributed by atoms with Crippen LogP contribution in [0.3, 0.4) is 0 Å². The van der Waals surface area contributed by atoms with E-state index in [9.17, 15) is 28.9 Å². The highest BCUT2D eigenvalue weighted by atomic mass is 31.2. The van der Waals surface area contributed by atoms with Crippen molar-refractivity contribution in [3.63, 3.8) is 0 Å². The van der Waals surface area contributed by atoms with Gasteiger partial charge >= 0.3 is 25.7 Å². The number of phosphoric acid groups is 1. The molecule has 0 aromatic carbocycles. The fourth-order valence-electron chi connectivity index (χ4n) is 7.42. The number of esters is 3. The van der Waals surface area contributed by atoms with E-state index in [-0.39, 0.29) is 25.9 Å². The maximum atomic E-state index is 12.9. The van der Waals surface area contributed by atoms with E-state index in [4.69, 9.17) is 23.3 Å². The molecule has 0 amide bonds. The SMILES string of the molecule is CC/C=C\C/C=C\C/C=C\C/C=C\CCCCCCC(=O)OC(COC(=O)CCCCCCC/C=C\CCCC)COP(=O)(O)OCC(CO)OC(=O)CCCCCCCCC/C=C\C/C=C\CCCCC. The van der Waals surface area contributed by atoms with Crippen LogP contribution in [0.4, 0.5) is 0 Å². The number of allylic oxidation sites excluding steroid dienone is 14. The first-order valence-corrected chi connectivity index (χ1v) is 30.0. The average Bonchev–Trinajstić information content (AvgIpc) is 3.37. The Morgan fingerprint density at radius 1 is 0.403 bits per heavy atom. The van der Waals surface area contributed by atoms with Gasteiger partial charge in [0.25, 0.3) is 0 Å². The van der Waals surface area contributed by atoms with Crippen molar-refractivity contribution >= 4 is 25.7 Å². The van der Waals surface area contributed by atoms with Gasteiger partial charge in [0, 0.05) is 19.3 Å². The Morgan fingerprint density at radius 2 is 0.736 bits per heavy atom. The van der Waals surface area contributed by atoms with Crippen LogP contribution in [0.5, 0.6) is 0 Å². The number of rotatable bonds is 52. The van der Waals surface area contributed by atoms with Gasteiger partial charge in [-0.05, 0) is 109 Å². The molecule has 0 aromatic rings. The van der Waals surface area contributed by atoms with Crippen molar-refractivity contribution in [2.24, 2.45) is 0 Å². The van der Waals surface area contributed by atoms with Crippen LogP contribution in [0.25, 0.3) is 0 Å². The van der Waals surface area contributed by atoms with Crippen molar-refractivity contribution in [2.75, 3.05) is 26.4 Å². The maximum absolute atomic E-state index is 12.9. The highest BCUT2D eigenvalue weighted by molar-refractivity contribution is 7.47. The van der Waals surface area contributed by atoms with Crippen LogP contribution in [-0.2, 0) is 42.2 Å². The largest absolute Gasteiger partial charge is 0.472 e. The highest BCUT2D eigenvalue weighted by Crippen LogP contribution is 2.43. The van der Waals surface area contributed by atoms with Gasteiger partial charge < -0.3 is 24.2 Å². The molecule has 3 unspecified atom stereocenters. The number of aliphatic hydroxyl groups is 1. The van der Waals surface area contributed by atoms with E-state index in [1.807, 2.05) is 0 Å². The number of aliphatic hydroxyl groups excluding tert-OH is 1. The molecule has 0 rings (SSSR count). The van der Waals surface area contributed by atoms with E-state index < -0.39 is 57.8 Å². The van der Waals surface area contributed by atoms with E-state index in [0.29, 0.717) is 19.3 Å². The quantitative estimate of drug-likeness (QED) is 0.0197. The first-order chi connectivity index (χ1) is 35.2. The molecular formula is C60H103O11P. The van der Waals surface area contributed by atoms with E-state index in [1.54, 1.807) is 0 Å². The summed E-state index contributed by atoms with van der Waals surface area (Å²) in [6.07, 6.45) is 61.1. The van der Waals surface area contributed by atoms with Crippen LogP contribution < -0.4 is 0 Å². The average molecular weight is 1030 g/mol. The molecule has 414 valence electrons. The van der Waals surface area contributed by atoms with Crippen LogP contribution in [0.2, 0.25) is 0 Å². The summed E-state index contributed by atoms with van der Waals surface area (Å²) in [6.45, 7) is 4.42. The van der Waals surface area contributed by atoms with Crippen LogP contribution in [-0.4, -0.2) is 66.5 Å². The topological polar surface area (TPSA) is 155 Å². The summed E-state index contributed by atoms with van der Waals surface area (Å²) in [7, 11) is -4.76. The molecule has 0 spiro atoms. The van der Waals surface area contributed by atoms with Crippen molar-refractivity contribution in [1.82, 2.24) is 0 Å². The number of carbonyl (C=O) groups excluding carboxylic acids is 3. The van der Waals surface area contributed by atoms with Crippen LogP contribution in [0.1, 0.15) is 239 Å². The standard InChI is InChI=1S/C60H103O11P/c1-4-7-10-13-16-19-22-24-26-28-30-32-35-38-41-44-47-50-59(63)70-56(52-61)54-68-72(65,66)69-55-57(53-67-58(62)49-46-43-40-37-34-21-18-15-12-9-6-3)71-60(64)51-48-45-42-39-36-33-31-29-27-25-23-20-17-14-11-8-5-2/h8,11,15-20,24-27,31,33,56-57,61H,4-7,9-10,12-14,21-23,28-30,32,34-55H2,1-3H3,(H,65,66)/b11-8-,18-15-,19-16-,20-17-,26-24-,27-25-,33-31-. The fraction of sp³-hybridized carbons (Fsp3) is 0.717. The van der Waals surface area contributed by atoms with Gasteiger partial charge in [0.15, 0.2) is 6.10 Å². The molecule has 0 fully saturated rings. The zero-order valence-electron chi connectivity index (χ0n) is 45.6. The van der Waals surface area contributed by atoms with E-state index in [2.05, 4.69) is 106 Å². The molecular weight excluding hydrogens is 928 g/mol. The second kappa shape index (κ2) is 53.9. The third kappa shape index (κ3) is 51.6. The third-order valence-electron chi connectivity index (χ3n) is 11.8. The van der Waals surface area contributed by atoms with Gasteiger partial charge in [-0.3, -0.25) is 23.4 Å². The van der Waals surface area contributed by atoms with Crippen LogP contribution in [0.15, 0.2) is 85.1 Å². The number of hydrogen-bond donors (Lipinski definition) is 2. The molecule has 0 saturated heterocycles. The lowest BCUT2D eigenvalue weighted by Crippen LogP contribution is -2.30. The molecule has 0 heterocycles. The second-order valence-corrected chi connectivity index (χ2v) is 20.2. The van der Waals surface area contributed by atoms with Crippen molar-refractivity contribution in [1.29, 1.82) is 0 Å². The Bertz CT molecular complexity index is 1530. The van der Waals surface area contributed by atoms with Gasteiger partial charge in [-0.1, -0.05) is 196 Å². The van der Waals surface area contributed by atoms with Gasteiger partial charge in [-0.2, -0.15) is 0 Å². The number of phosphoric ester groups is 1. The van der Waals surface area contributed by atoms with Crippen LogP contribution in [0, 0.1) is 0 Å². The minimum absolute atomic E-state index is 0.135. The molecule has 0 aliphatic carbocycles. The van der Waals surface area contributed by atoms with E-state index >= 15 is 0 Å². The lowest BCUT2D eigenvalue weighted by molar-refractivity contribution is -0.161. The third-order valence-corrected chi connectivity index (χ3v) is 12.7. The predicted molar refractivity (Wildman–Crippen MR) is 298 cm³/mol. The lowest BCUT2D eigenvalue weighted by Gasteiger charge is -2.21. The summed E-state index contributed by atoms with van der Waals surface area (Å²) in [5.41, 5.74) is 0. The normalized spacial score (nSPS) is 14.0. The molecule has 11 nitrogen and oxygen atoms in total. The molecule has 0 aliphatic rings. The number of unbranched alkanes of at least 4 members (excludes halogenated alkanes) is 21. The smallest absolute Gasteiger partial charge is 0.462 e. The monoisotopic (exact) mass is 1030 g/mol. The first kappa shape index (κ1) is 68.7. The molecule has 3 atom stereocenters. The summed E-state index contributed by atoms with van der Waals surface area (Å²) >= 11 is 0. The number of ether oxygens (including phenoxy) is 3. The predicted octanol–water partition coefficient (Wildman–Crippen LogP) is 16.7. The van der Waals surface area contributed by atoms with Gasteiger partial charge in [0.2, 0.25) is 0 Å². The van der Waals surface area contributed by atoms with Crippen molar-refractivity contribution in [2.45, 2.75) is 251 Å². The Kier molecular flexibility index (Phi) is 51.4. The zero-order chi connectivity index (χ0) is 52.7. The Labute approximate surface area is 439 Å². The number of carbonyl (C=O) groups is 3. The molecule has 0 saturated carbocycles. The second-order valence-electron chi connectivity index (χ2n) is 18.7. The maximum Gasteiger partial charge on any atom is 0.472 e. The summed E-state index contributed by atoms with van der Waals surface area (Å²) < 4.78 is 39.4. The molecule has 0 aliphatic heterocycles. The molecule has 72 heavy (non-hydrogen) atoms. The Hall–Kier alpha value is -3.34. The lowest BCUT2D eigenvalue weighted by atomic mass is 10.1. The van der Waals surface area contributed by atoms with E-state index in [1.165, 1.54) is 51.4 Å². The van der Waals surface area contributed by atoms with Gasteiger partial charge in [-0.15, -0.1) is 0 Å². The van der Waals surface area contributed by atoms with Gasteiger partial charge in [-0.25, -0.2) is 4.57 Å². The van der Waals surface area contributed by atoms with Crippen LogP contribution >= 0.6 is 7.82 Å². The van der Waals surface area contributed by atoms with E-state index in [0.717, 1.165) is 128 Å². The van der Waals surface area contributed by atoms with Crippen molar-refractivity contribution < 1.29 is 52.2 Å². The van der Waals surface area contributed by atoms with Gasteiger partial charge in [0.1, 0.15) is 12.7 Å². The van der Waals surface area contributed by atoms with Gasteiger partial charge in [0.05, 0.1) is 19.8 Å². The summed E-state index contributed by atoms with van der Waals surface area (Å²) in [5, 5.41) is 9.81. The highest BCUT2D eigenvalue weighted by Gasteiger charge is 2.28. The first-order valence-electron chi connectivity index (χ1n) is 28.5. The minimum Gasteiger partial charge on any atom is -0.462 e. The van der Waals surface area contributed by atoms with Crippen molar-refractivity contribution in [3.8, 4) is 0 Å². The minimum atomic E-state index is -4.76. The number of hydrogen-bond acceptors (Lipinski definition) is 10. The molecule has 0 radical (unpaired) electrons. The molecule has 2 N–H and O–H groups in total. The Morgan fingerprint density at radius 3 is 1.17 bits per heavy atom. The Balaban J connectivity index is 4.73. The van der Waals surface area contributed by atoms with Crippen molar-refractivity contribution in [3.05, 3.63) is 85.1 Å². The molecule has 0 aromatic heterocycles. The fourth-order valence-corrected chi connectivity index (χ4v) is 8.20. The summed E-state index contributed by atoms with van der Waals surface area (Å²) in [6, 6.07) is 0. The summed E-state index contributed by atoms with van der Waals surface area (Å²) in [4.78, 5) is 48.5. The molecule has 0 bridgehead atoms. The summed E-state index contributed by atoms with van der Waals surface area (Å²) in [5.74, 6) is -1.51. The zero-order valence-corrected chi connectivity index (χ0v) is 46.5.